The van der Waals surface area contributed by atoms with E-state index in [1.807, 2.05) is 48.5 Å². The minimum Gasteiger partial charge on any atom is -0.451 e. The van der Waals surface area contributed by atoms with Gasteiger partial charge >= 0.3 is 5.97 Å². The van der Waals surface area contributed by atoms with Crippen LogP contribution in [0.2, 0.25) is 0 Å². The molecule has 3 aromatic rings. The molecule has 0 aliphatic rings. The third-order valence-electron chi connectivity index (χ3n) is 4.09. The first-order valence-electron chi connectivity index (χ1n) is 9.06. The standard InChI is InChI=1S/C21H22N2O4S/c1-3-15-8-10-16(11-9-15)22-21(25)14(2)27-20(24)13-26-12-19-23-17-6-4-5-7-18(17)28-19/h4-11,14H,3,12-13H2,1-2H3,(H,22,25)/t14-/m1/s1. The molecule has 0 fully saturated rings. The number of carbonyl (C=O) groups excluding carboxylic acids is 2. The molecular formula is C21H22N2O4S. The molecule has 1 N–H and O–H groups in total. The van der Waals surface area contributed by atoms with Crippen molar-refractivity contribution in [1.82, 2.24) is 4.98 Å². The number of carbonyl (C=O) groups is 2. The molecule has 1 atom stereocenters. The van der Waals surface area contributed by atoms with Crippen LogP contribution >= 0.6 is 11.3 Å². The van der Waals surface area contributed by atoms with E-state index in [1.54, 1.807) is 0 Å². The molecule has 0 saturated carbocycles. The maximum atomic E-state index is 12.2. The zero-order chi connectivity index (χ0) is 19.9. The summed E-state index contributed by atoms with van der Waals surface area (Å²) >= 11 is 1.52. The van der Waals surface area contributed by atoms with Crippen LogP contribution in [-0.4, -0.2) is 29.6 Å². The van der Waals surface area contributed by atoms with Crippen LogP contribution < -0.4 is 5.32 Å². The number of para-hydroxylation sites is 1. The highest BCUT2D eigenvalue weighted by Crippen LogP contribution is 2.21. The summed E-state index contributed by atoms with van der Waals surface area (Å²) < 4.78 is 11.6. The molecule has 0 aliphatic carbocycles. The highest BCUT2D eigenvalue weighted by Gasteiger charge is 2.18. The minimum atomic E-state index is -0.913. The number of rotatable bonds is 8. The van der Waals surface area contributed by atoms with Gasteiger partial charge in [0.05, 0.1) is 16.8 Å². The molecule has 7 heteroatoms. The summed E-state index contributed by atoms with van der Waals surface area (Å²) in [7, 11) is 0. The van der Waals surface area contributed by atoms with Crippen LogP contribution in [0.5, 0.6) is 0 Å². The number of esters is 1. The summed E-state index contributed by atoms with van der Waals surface area (Å²) in [6, 6.07) is 15.3. The quantitative estimate of drug-likeness (QED) is 0.582. The Hall–Kier alpha value is -2.77. The number of hydrogen-bond donors (Lipinski definition) is 1. The van der Waals surface area contributed by atoms with Crippen molar-refractivity contribution in [3.05, 3.63) is 59.1 Å². The van der Waals surface area contributed by atoms with E-state index in [0.29, 0.717) is 5.69 Å². The number of amides is 1. The van der Waals surface area contributed by atoms with Gasteiger partial charge in [-0.15, -0.1) is 11.3 Å². The zero-order valence-corrected chi connectivity index (χ0v) is 16.6. The van der Waals surface area contributed by atoms with E-state index in [4.69, 9.17) is 9.47 Å². The molecule has 0 aliphatic heterocycles. The van der Waals surface area contributed by atoms with Gasteiger partial charge in [0.25, 0.3) is 5.91 Å². The van der Waals surface area contributed by atoms with Gasteiger partial charge in [-0.1, -0.05) is 31.2 Å². The van der Waals surface area contributed by atoms with Gasteiger partial charge in [0.15, 0.2) is 6.10 Å². The van der Waals surface area contributed by atoms with E-state index in [1.165, 1.54) is 23.8 Å². The van der Waals surface area contributed by atoms with E-state index in [2.05, 4.69) is 17.2 Å². The number of aromatic nitrogens is 1. The number of fused-ring (bicyclic) bond motifs is 1. The third-order valence-corrected chi connectivity index (χ3v) is 5.10. The molecule has 0 unspecified atom stereocenters. The van der Waals surface area contributed by atoms with Crippen molar-refractivity contribution in [2.24, 2.45) is 0 Å². The van der Waals surface area contributed by atoms with Gasteiger partial charge < -0.3 is 14.8 Å². The van der Waals surface area contributed by atoms with Gasteiger partial charge in [0, 0.05) is 5.69 Å². The average molecular weight is 398 g/mol. The number of anilines is 1. The summed E-state index contributed by atoms with van der Waals surface area (Å²) in [5.41, 5.74) is 2.76. The number of hydrogen-bond acceptors (Lipinski definition) is 6. The molecule has 1 amide bonds. The normalized spacial score (nSPS) is 11.9. The van der Waals surface area contributed by atoms with Crippen LogP contribution in [0.4, 0.5) is 5.69 Å². The largest absolute Gasteiger partial charge is 0.451 e. The molecule has 3 rings (SSSR count). The van der Waals surface area contributed by atoms with E-state index in [9.17, 15) is 9.59 Å². The predicted octanol–water partition coefficient (Wildman–Crippen LogP) is 3.95. The Morgan fingerprint density at radius 3 is 2.61 bits per heavy atom. The molecular weight excluding hydrogens is 376 g/mol. The Bertz CT molecular complexity index is 919. The molecule has 0 saturated heterocycles. The maximum Gasteiger partial charge on any atom is 0.332 e. The summed E-state index contributed by atoms with van der Waals surface area (Å²) in [6.45, 7) is 3.58. The zero-order valence-electron chi connectivity index (χ0n) is 15.8. The summed E-state index contributed by atoms with van der Waals surface area (Å²) in [6.07, 6.45) is 0.0172. The first-order chi connectivity index (χ1) is 13.5. The predicted molar refractivity (Wildman–Crippen MR) is 109 cm³/mol. The number of nitrogens with zero attached hydrogens (tertiary/aromatic N) is 1. The molecule has 6 nitrogen and oxygen atoms in total. The molecule has 1 aromatic heterocycles. The lowest BCUT2D eigenvalue weighted by Gasteiger charge is -2.13. The van der Waals surface area contributed by atoms with Gasteiger partial charge in [0.1, 0.15) is 11.6 Å². The van der Waals surface area contributed by atoms with Crippen molar-refractivity contribution < 1.29 is 19.1 Å². The Labute approximate surface area is 167 Å². The van der Waals surface area contributed by atoms with E-state index in [0.717, 1.165) is 21.6 Å². The molecule has 0 radical (unpaired) electrons. The van der Waals surface area contributed by atoms with Gasteiger partial charge in [0.2, 0.25) is 0 Å². The van der Waals surface area contributed by atoms with Crippen LogP contribution in [0.25, 0.3) is 10.2 Å². The van der Waals surface area contributed by atoms with Crippen LogP contribution in [0, 0.1) is 0 Å². The Morgan fingerprint density at radius 2 is 1.89 bits per heavy atom. The van der Waals surface area contributed by atoms with Crippen LogP contribution in [-0.2, 0) is 32.1 Å². The third kappa shape index (κ3) is 5.37. The average Bonchev–Trinajstić information content (AvgIpc) is 3.11. The first kappa shape index (κ1) is 20.0. The van der Waals surface area contributed by atoms with Gasteiger partial charge in [-0.05, 0) is 43.2 Å². The van der Waals surface area contributed by atoms with Crippen LogP contribution in [0.15, 0.2) is 48.5 Å². The fraction of sp³-hybridized carbons (Fsp3) is 0.286. The molecule has 1 heterocycles. The lowest BCUT2D eigenvalue weighted by molar-refractivity contribution is -0.157. The lowest BCUT2D eigenvalue weighted by atomic mass is 10.1. The summed E-state index contributed by atoms with van der Waals surface area (Å²) in [5, 5.41) is 3.52. The Balaban J connectivity index is 1.42. The maximum absolute atomic E-state index is 12.2. The molecule has 2 aromatic carbocycles. The second-order valence-electron chi connectivity index (χ2n) is 6.24. The SMILES string of the molecule is CCc1ccc(NC(=O)[C@@H](C)OC(=O)COCc2nc3ccccc3s2)cc1. The number of ether oxygens (including phenoxy) is 2. The van der Waals surface area contributed by atoms with Gasteiger partial charge in [-0.2, -0.15) is 0 Å². The Morgan fingerprint density at radius 1 is 1.14 bits per heavy atom. The van der Waals surface area contributed by atoms with Crippen molar-refractivity contribution >= 4 is 39.1 Å². The Kier molecular flexibility index (Phi) is 6.73. The van der Waals surface area contributed by atoms with Gasteiger partial charge in [-0.25, -0.2) is 9.78 Å². The van der Waals surface area contributed by atoms with Crippen LogP contribution in [0.1, 0.15) is 24.4 Å². The second kappa shape index (κ2) is 9.43. The summed E-state index contributed by atoms with van der Waals surface area (Å²) in [5.74, 6) is -0.978. The number of nitrogens with one attached hydrogen (secondary N) is 1. The molecule has 146 valence electrons. The number of thiazole rings is 1. The highest BCUT2D eigenvalue weighted by molar-refractivity contribution is 7.18. The number of benzene rings is 2. The summed E-state index contributed by atoms with van der Waals surface area (Å²) in [4.78, 5) is 28.5. The molecule has 0 bridgehead atoms. The van der Waals surface area contributed by atoms with Crippen LogP contribution in [0.3, 0.4) is 0 Å². The topological polar surface area (TPSA) is 77.5 Å². The fourth-order valence-corrected chi connectivity index (χ4v) is 3.46. The van der Waals surface area contributed by atoms with Crippen molar-refractivity contribution in [3.63, 3.8) is 0 Å². The van der Waals surface area contributed by atoms with E-state index < -0.39 is 12.1 Å². The van der Waals surface area contributed by atoms with Crippen molar-refractivity contribution in [3.8, 4) is 0 Å². The monoisotopic (exact) mass is 398 g/mol. The van der Waals surface area contributed by atoms with Crippen molar-refractivity contribution in [2.75, 3.05) is 11.9 Å². The second-order valence-corrected chi connectivity index (χ2v) is 7.36. The minimum absolute atomic E-state index is 0.221. The van der Waals surface area contributed by atoms with E-state index in [-0.39, 0.29) is 19.1 Å². The van der Waals surface area contributed by atoms with Gasteiger partial charge in [-0.3, -0.25) is 4.79 Å². The van der Waals surface area contributed by atoms with Crippen molar-refractivity contribution in [2.45, 2.75) is 33.0 Å². The van der Waals surface area contributed by atoms with Crippen molar-refractivity contribution in [1.29, 1.82) is 0 Å². The van der Waals surface area contributed by atoms with E-state index >= 15 is 0 Å². The smallest absolute Gasteiger partial charge is 0.332 e. The highest BCUT2D eigenvalue weighted by atomic mass is 32.1. The first-order valence-corrected chi connectivity index (χ1v) is 9.88. The molecule has 28 heavy (non-hydrogen) atoms. The fourth-order valence-electron chi connectivity index (χ4n) is 2.56. The molecule has 0 spiro atoms. The lowest BCUT2D eigenvalue weighted by Crippen LogP contribution is -2.31. The number of aryl methyl sites for hydroxylation is 1.